The maximum atomic E-state index is 13.8. The number of benzene rings is 1. The van der Waals surface area contributed by atoms with Gasteiger partial charge in [0.1, 0.15) is 17.2 Å². The molecule has 1 aliphatic rings. The maximum Gasteiger partial charge on any atom is 0.259 e. The molecular formula is C13H16F2N2O. The minimum Gasteiger partial charge on any atom is -0.336 e. The van der Waals surface area contributed by atoms with Crippen LogP contribution in [0.1, 0.15) is 15.9 Å². The van der Waals surface area contributed by atoms with Crippen LogP contribution in [0.4, 0.5) is 8.78 Å². The molecule has 0 spiro atoms. The fourth-order valence-electron chi connectivity index (χ4n) is 2.02. The van der Waals surface area contributed by atoms with Crippen molar-refractivity contribution in [1.82, 2.24) is 9.80 Å². The molecule has 1 aromatic rings. The lowest BCUT2D eigenvalue weighted by molar-refractivity contribution is 0.0654. The van der Waals surface area contributed by atoms with Gasteiger partial charge in [0, 0.05) is 26.2 Å². The number of likely N-dealkylation sites (N-methyl/N-ethyl adjacent to an activating group) is 1. The molecular weight excluding hydrogens is 238 g/mol. The summed E-state index contributed by atoms with van der Waals surface area (Å²) in [5.41, 5.74) is -0.145. The Kier molecular flexibility index (Phi) is 3.61. The highest BCUT2D eigenvalue weighted by Crippen LogP contribution is 2.19. The van der Waals surface area contributed by atoms with Gasteiger partial charge in [0.15, 0.2) is 0 Å². The lowest BCUT2D eigenvalue weighted by atomic mass is 10.1. The van der Waals surface area contributed by atoms with Gasteiger partial charge in [0.2, 0.25) is 0 Å². The van der Waals surface area contributed by atoms with Crippen LogP contribution in [0.3, 0.4) is 0 Å². The zero-order chi connectivity index (χ0) is 13.3. The number of piperazine rings is 1. The van der Waals surface area contributed by atoms with E-state index >= 15 is 0 Å². The third-order valence-corrected chi connectivity index (χ3v) is 3.29. The van der Waals surface area contributed by atoms with Gasteiger partial charge in [-0.05, 0) is 25.6 Å². The van der Waals surface area contributed by atoms with Crippen LogP contribution < -0.4 is 0 Å². The number of carbonyl (C=O) groups is 1. The summed E-state index contributed by atoms with van der Waals surface area (Å²) in [5, 5.41) is 0. The van der Waals surface area contributed by atoms with Gasteiger partial charge in [-0.15, -0.1) is 0 Å². The van der Waals surface area contributed by atoms with Crippen LogP contribution >= 0.6 is 0 Å². The van der Waals surface area contributed by atoms with Crippen LogP contribution in [-0.4, -0.2) is 48.9 Å². The molecule has 1 amide bonds. The van der Waals surface area contributed by atoms with Crippen molar-refractivity contribution in [1.29, 1.82) is 0 Å². The molecule has 0 N–H and O–H groups in total. The lowest BCUT2D eigenvalue weighted by Gasteiger charge is -2.32. The van der Waals surface area contributed by atoms with Gasteiger partial charge < -0.3 is 9.80 Å². The number of rotatable bonds is 1. The first-order valence-corrected chi connectivity index (χ1v) is 5.93. The van der Waals surface area contributed by atoms with Crippen molar-refractivity contribution in [2.45, 2.75) is 6.92 Å². The van der Waals surface area contributed by atoms with Gasteiger partial charge >= 0.3 is 0 Å². The first-order valence-electron chi connectivity index (χ1n) is 5.93. The van der Waals surface area contributed by atoms with Crippen molar-refractivity contribution in [2.24, 2.45) is 0 Å². The van der Waals surface area contributed by atoms with E-state index in [1.54, 1.807) is 0 Å². The predicted octanol–water partition coefficient (Wildman–Crippen LogP) is 1.66. The number of nitrogens with zero attached hydrogens (tertiary/aromatic N) is 2. The monoisotopic (exact) mass is 254 g/mol. The van der Waals surface area contributed by atoms with Crippen LogP contribution in [-0.2, 0) is 0 Å². The number of halogens is 2. The molecule has 0 atom stereocenters. The number of amides is 1. The maximum absolute atomic E-state index is 13.8. The van der Waals surface area contributed by atoms with E-state index in [4.69, 9.17) is 0 Å². The zero-order valence-corrected chi connectivity index (χ0v) is 10.5. The van der Waals surface area contributed by atoms with Crippen molar-refractivity contribution >= 4 is 5.91 Å². The van der Waals surface area contributed by atoms with E-state index in [2.05, 4.69) is 4.90 Å². The molecule has 18 heavy (non-hydrogen) atoms. The standard InChI is InChI=1S/C13H16F2N2O/c1-9-3-4-10(14)11(12(9)15)13(18)17-7-5-16(2)6-8-17/h3-4H,5-8H2,1-2H3. The second kappa shape index (κ2) is 5.02. The van der Waals surface area contributed by atoms with Crippen molar-refractivity contribution in [3.05, 3.63) is 34.9 Å². The summed E-state index contributed by atoms with van der Waals surface area (Å²) in [6.45, 7) is 3.97. The van der Waals surface area contributed by atoms with Gasteiger partial charge in [-0.1, -0.05) is 6.07 Å². The molecule has 0 unspecified atom stereocenters. The average Bonchev–Trinajstić information content (AvgIpc) is 2.35. The summed E-state index contributed by atoms with van der Waals surface area (Å²) < 4.78 is 27.5. The summed E-state index contributed by atoms with van der Waals surface area (Å²) in [4.78, 5) is 15.7. The Morgan fingerprint density at radius 3 is 2.39 bits per heavy atom. The Bertz CT molecular complexity index is 468. The Balaban J connectivity index is 2.26. The predicted molar refractivity (Wildman–Crippen MR) is 64.5 cm³/mol. The molecule has 5 heteroatoms. The van der Waals surface area contributed by atoms with Crippen molar-refractivity contribution in [2.75, 3.05) is 33.2 Å². The minimum absolute atomic E-state index is 0.286. The molecule has 1 aliphatic heterocycles. The molecule has 1 saturated heterocycles. The van der Waals surface area contributed by atoms with Crippen molar-refractivity contribution in [3.63, 3.8) is 0 Å². The number of hydrogen-bond acceptors (Lipinski definition) is 2. The topological polar surface area (TPSA) is 23.6 Å². The minimum atomic E-state index is -0.790. The average molecular weight is 254 g/mol. The number of carbonyl (C=O) groups excluding carboxylic acids is 1. The highest BCUT2D eigenvalue weighted by atomic mass is 19.1. The Morgan fingerprint density at radius 2 is 1.78 bits per heavy atom. The second-order valence-electron chi connectivity index (χ2n) is 4.65. The Labute approximate surface area is 105 Å². The third kappa shape index (κ3) is 2.36. The van der Waals surface area contributed by atoms with E-state index in [0.717, 1.165) is 19.2 Å². The van der Waals surface area contributed by atoms with Crippen LogP contribution in [0.15, 0.2) is 12.1 Å². The molecule has 2 rings (SSSR count). The van der Waals surface area contributed by atoms with Crippen LogP contribution in [0, 0.1) is 18.6 Å². The van der Waals surface area contributed by atoms with E-state index < -0.39 is 23.1 Å². The van der Waals surface area contributed by atoms with E-state index in [0.29, 0.717) is 13.1 Å². The van der Waals surface area contributed by atoms with E-state index in [1.165, 1.54) is 17.9 Å². The van der Waals surface area contributed by atoms with Gasteiger partial charge in [0.25, 0.3) is 5.91 Å². The molecule has 0 bridgehead atoms. The molecule has 3 nitrogen and oxygen atoms in total. The third-order valence-electron chi connectivity index (χ3n) is 3.29. The Hall–Kier alpha value is -1.49. The summed E-state index contributed by atoms with van der Waals surface area (Å²) in [5.74, 6) is -2.09. The first kappa shape index (κ1) is 13.0. The Morgan fingerprint density at radius 1 is 1.17 bits per heavy atom. The molecule has 1 fully saturated rings. The molecule has 98 valence electrons. The first-order chi connectivity index (χ1) is 8.50. The van der Waals surface area contributed by atoms with Gasteiger partial charge in [0.05, 0.1) is 0 Å². The van der Waals surface area contributed by atoms with Gasteiger partial charge in [-0.25, -0.2) is 8.78 Å². The van der Waals surface area contributed by atoms with E-state index in [1.807, 2.05) is 7.05 Å². The van der Waals surface area contributed by atoms with Gasteiger partial charge in [-0.3, -0.25) is 4.79 Å². The summed E-state index contributed by atoms with van der Waals surface area (Å²) >= 11 is 0. The number of aryl methyl sites for hydroxylation is 1. The van der Waals surface area contributed by atoms with Gasteiger partial charge in [-0.2, -0.15) is 0 Å². The highest BCUT2D eigenvalue weighted by molar-refractivity contribution is 5.95. The summed E-state index contributed by atoms with van der Waals surface area (Å²) in [6, 6.07) is 2.48. The quantitative estimate of drug-likeness (QED) is 0.761. The van der Waals surface area contributed by atoms with Crippen LogP contribution in [0.25, 0.3) is 0 Å². The van der Waals surface area contributed by atoms with Crippen LogP contribution in [0.5, 0.6) is 0 Å². The summed E-state index contributed by atoms with van der Waals surface area (Å²) in [6.07, 6.45) is 0. The van der Waals surface area contributed by atoms with Crippen molar-refractivity contribution in [3.8, 4) is 0 Å². The molecule has 1 heterocycles. The lowest BCUT2D eigenvalue weighted by Crippen LogP contribution is -2.47. The highest BCUT2D eigenvalue weighted by Gasteiger charge is 2.26. The smallest absolute Gasteiger partial charge is 0.259 e. The van der Waals surface area contributed by atoms with E-state index in [-0.39, 0.29) is 5.56 Å². The molecule has 0 radical (unpaired) electrons. The summed E-state index contributed by atoms with van der Waals surface area (Å²) in [7, 11) is 1.95. The fraction of sp³-hybridized carbons (Fsp3) is 0.462. The van der Waals surface area contributed by atoms with E-state index in [9.17, 15) is 13.6 Å². The molecule has 1 aromatic carbocycles. The largest absolute Gasteiger partial charge is 0.336 e. The van der Waals surface area contributed by atoms with Crippen LogP contribution in [0.2, 0.25) is 0 Å². The molecule has 0 aliphatic carbocycles. The second-order valence-corrected chi connectivity index (χ2v) is 4.65. The molecule has 0 saturated carbocycles. The normalized spacial score (nSPS) is 17.0. The van der Waals surface area contributed by atoms with Crippen molar-refractivity contribution < 1.29 is 13.6 Å². The number of hydrogen-bond donors (Lipinski definition) is 0. The zero-order valence-electron chi connectivity index (χ0n) is 10.5. The SMILES string of the molecule is Cc1ccc(F)c(C(=O)N2CCN(C)CC2)c1F. The fourth-order valence-corrected chi connectivity index (χ4v) is 2.02. The molecule has 0 aromatic heterocycles.